The van der Waals surface area contributed by atoms with E-state index in [9.17, 15) is 24.9 Å². The summed E-state index contributed by atoms with van der Waals surface area (Å²) in [5.41, 5.74) is 3.09. The van der Waals surface area contributed by atoms with E-state index < -0.39 is 49.1 Å². The minimum atomic E-state index is -1.50. The number of carbonyl (C=O) groups excluding carboxylic acids is 2. The van der Waals surface area contributed by atoms with Crippen LogP contribution in [0.3, 0.4) is 0 Å². The fourth-order valence-electron chi connectivity index (χ4n) is 4.37. The first-order chi connectivity index (χ1) is 17.7. The van der Waals surface area contributed by atoms with E-state index in [1.54, 1.807) is 6.07 Å². The number of anilines is 1. The molecule has 37 heavy (non-hydrogen) atoms. The number of oxime groups is 1. The van der Waals surface area contributed by atoms with Gasteiger partial charge in [-0.3, -0.25) is 9.59 Å². The zero-order chi connectivity index (χ0) is 26.7. The molecule has 0 unspecified atom stereocenters. The Morgan fingerprint density at radius 3 is 2.62 bits per heavy atom. The minimum Gasteiger partial charge on any atom is -0.491 e. The highest BCUT2D eigenvalue weighted by molar-refractivity contribution is 6.54. The molecule has 2 aromatic carbocycles. The Bertz CT molecular complexity index is 1190. The van der Waals surface area contributed by atoms with Crippen molar-refractivity contribution in [1.29, 1.82) is 0 Å². The molecule has 2 aliphatic heterocycles. The van der Waals surface area contributed by atoms with Crippen LogP contribution in [0.1, 0.15) is 23.6 Å². The molecule has 0 saturated carbocycles. The summed E-state index contributed by atoms with van der Waals surface area (Å²) in [5.74, 6) is -0.186. The normalized spacial score (nSPS) is 26.2. The van der Waals surface area contributed by atoms with Crippen LogP contribution >= 0.6 is 0 Å². The van der Waals surface area contributed by atoms with E-state index in [-0.39, 0.29) is 18.9 Å². The average Bonchev–Trinajstić information content (AvgIpc) is 3.12. The molecule has 2 aromatic rings. The Morgan fingerprint density at radius 2 is 1.92 bits per heavy atom. The maximum atomic E-state index is 13.4. The van der Waals surface area contributed by atoms with Gasteiger partial charge in [-0.1, -0.05) is 35.0 Å². The van der Waals surface area contributed by atoms with Crippen molar-refractivity contribution in [1.82, 2.24) is 5.32 Å². The summed E-state index contributed by atoms with van der Waals surface area (Å²) in [7, 11) is 0. The fraction of sp³-hybridized carbons (Fsp3) is 0.423. The van der Waals surface area contributed by atoms with Gasteiger partial charge in [0.25, 0.3) is 5.91 Å². The zero-order valence-electron chi connectivity index (χ0n) is 20.8. The number of nitrogens with one attached hydrogen (secondary N) is 1. The van der Waals surface area contributed by atoms with Crippen LogP contribution in [0.15, 0.2) is 47.6 Å². The van der Waals surface area contributed by atoms with Gasteiger partial charge < -0.3 is 39.8 Å². The third kappa shape index (κ3) is 5.59. The van der Waals surface area contributed by atoms with Crippen LogP contribution in [-0.4, -0.2) is 83.2 Å². The number of ether oxygens (including phenoxy) is 2. The molecule has 0 bridgehead atoms. The third-order valence-electron chi connectivity index (χ3n) is 6.31. The lowest BCUT2D eigenvalue weighted by Gasteiger charge is -2.40. The Hall–Kier alpha value is -3.51. The van der Waals surface area contributed by atoms with Crippen molar-refractivity contribution in [3.63, 3.8) is 0 Å². The highest BCUT2D eigenvalue weighted by atomic mass is 16.8. The molecule has 2 amide bonds. The number of rotatable bonds is 8. The van der Waals surface area contributed by atoms with E-state index in [1.807, 2.05) is 50.2 Å². The predicted octanol–water partition coefficient (Wildman–Crippen LogP) is 0.393. The summed E-state index contributed by atoms with van der Waals surface area (Å²) < 4.78 is 11.4. The van der Waals surface area contributed by atoms with E-state index >= 15 is 0 Å². The molecule has 4 rings (SSSR count). The predicted molar refractivity (Wildman–Crippen MR) is 133 cm³/mol. The fourth-order valence-corrected chi connectivity index (χ4v) is 4.37. The second-order valence-electron chi connectivity index (χ2n) is 9.07. The lowest BCUT2D eigenvalue weighted by atomic mass is 9.97. The highest BCUT2D eigenvalue weighted by Crippen LogP contribution is 2.31. The minimum absolute atomic E-state index is 0.0147. The molecule has 0 aliphatic carbocycles. The van der Waals surface area contributed by atoms with E-state index in [1.165, 1.54) is 11.8 Å². The van der Waals surface area contributed by atoms with Crippen molar-refractivity contribution < 1.29 is 39.2 Å². The van der Waals surface area contributed by atoms with Gasteiger partial charge in [-0.15, -0.1) is 0 Å². The Kier molecular flexibility index (Phi) is 8.08. The Balaban J connectivity index is 1.55. The molecule has 4 N–H and O–H groups in total. The largest absolute Gasteiger partial charge is 0.491 e. The smallest absolute Gasteiger partial charge is 0.281 e. The quantitative estimate of drug-likeness (QED) is 0.371. The molecular weight excluding hydrogens is 482 g/mol. The van der Waals surface area contributed by atoms with Crippen molar-refractivity contribution in [3.8, 4) is 5.75 Å². The SMILES string of the molecule is CC(=O)N[C@@H]1[C@H](O/N=C2\C(=O)N(CCOc3ccccc3C)c3ccc(C)cc32)O[C@H](CO)[C@@H](O)[C@@H]1O. The van der Waals surface area contributed by atoms with Gasteiger partial charge in [-0.25, -0.2) is 0 Å². The second-order valence-corrected chi connectivity index (χ2v) is 9.07. The van der Waals surface area contributed by atoms with Crippen LogP contribution in [0.4, 0.5) is 5.69 Å². The summed E-state index contributed by atoms with van der Waals surface area (Å²) in [6.07, 6.45) is -5.50. The molecule has 2 aliphatic rings. The summed E-state index contributed by atoms with van der Waals surface area (Å²) in [5, 5.41) is 36.7. The number of hydrogen-bond donors (Lipinski definition) is 4. The van der Waals surface area contributed by atoms with Crippen LogP contribution in [0.2, 0.25) is 0 Å². The van der Waals surface area contributed by atoms with Crippen molar-refractivity contribution >= 4 is 23.2 Å². The van der Waals surface area contributed by atoms with Gasteiger partial charge in [0.15, 0.2) is 5.71 Å². The molecule has 198 valence electrons. The van der Waals surface area contributed by atoms with Gasteiger partial charge in [-0.05, 0) is 37.6 Å². The van der Waals surface area contributed by atoms with Crippen LogP contribution in [0.5, 0.6) is 5.75 Å². The first kappa shape index (κ1) is 26.6. The first-order valence-electron chi connectivity index (χ1n) is 12.0. The molecule has 1 saturated heterocycles. The summed E-state index contributed by atoms with van der Waals surface area (Å²) in [6.45, 7) is 4.96. The monoisotopic (exact) mass is 513 g/mol. The number of amides is 2. The van der Waals surface area contributed by atoms with Crippen molar-refractivity contribution in [2.45, 2.75) is 51.4 Å². The zero-order valence-corrected chi connectivity index (χ0v) is 20.8. The number of hydrogen-bond acceptors (Lipinski definition) is 9. The third-order valence-corrected chi connectivity index (χ3v) is 6.31. The molecule has 2 heterocycles. The van der Waals surface area contributed by atoms with E-state index in [2.05, 4.69) is 10.5 Å². The van der Waals surface area contributed by atoms with Gasteiger partial charge in [0, 0.05) is 12.5 Å². The number of para-hydroxylation sites is 1. The molecule has 5 atom stereocenters. The number of aryl methyl sites for hydroxylation is 2. The summed E-state index contributed by atoms with van der Waals surface area (Å²) >= 11 is 0. The molecule has 0 spiro atoms. The van der Waals surface area contributed by atoms with E-state index in [4.69, 9.17) is 14.3 Å². The van der Waals surface area contributed by atoms with Gasteiger partial charge in [-0.2, -0.15) is 0 Å². The maximum Gasteiger partial charge on any atom is 0.281 e. The van der Waals surface area contributed by atoms with Crippen molar-refractivity contribution in [3.05, 3.63) is 59.2 Å². The van der Waals surface area contributed by atoms with Crippen LogP contribution in [0, 0.1) is 13.8 Å². The van der Waals surface area contributed by atoms with Gasteiger partial charge in [0.1, 0.15) is 36.7 Å². The second kappa shape index (κ2) is 11.3. The van der Waals surface area contributed by atoms with Crippen LogP contribution in [-0.2, 0) is 19.2 Å². The van der Waals surface area contributed by atoms with Gasteiger partial charge in [0.2, 0.25) is 12.2 Å². The summed E-state index contributed by atoms with van der Waals surface area (Å²) in [6, 6.07) is 11.9. The lowest BCUT2D eigenvalue weighted by molar-refractivity contribution is -0.270. The lowest BCUT2D eigenvalue weighted by Crippen LogP contribution is -2.64. The number of carbonyl (C=O) groups is 2. The van der Waals surface area contributed by atoms with Crippen LogP contribution in [0.25, 0.3) is 0 Å². The Morgan fingerprint density at radius 1 is 1.16 bits per heavy atom. The molecular formula is C26H31N3O8. The van der Waals surface area contributed by atoms with Crippen molar-refractivity contribution in [2.75, 3.05) is 24.7 Å². The number of aliphatic hydroxyl groups is 3. The maximum absolute atomic E-state index is 13.4. The number of nitrogens with zero attached hydrogens (tertiary/aromatic N) is 2. The van der Waals surface area contributed by atoms with E-state index in [0.29, 0.717) is 11.3 Å². The molecule has 11 nitrogen and oxygen atoms in total. The van der Waals surface area contributed by atoms with Gasteiger partial charge >= 0.3 is 0 Å². The molecule has 0 radical (unpaired) electrons. The molecule has 0 aromatic heterocycles. The standard InChI is InChI=1S/C26H31N3O8/c1-14-8-9-18-17(12-14)21(25(34)29(18)10-11-35-19-7-5-4-6-15(19)2)28-37-26-22(27-16(3)31)24(33)23(32)20(13-30)36-26/h4-9,12,20,22-24,26,30,32-33H,10-11,13H2,1-3H3,(H,27,31)/b28-21-/t20-,22+,23-,24-,26+/m1/s1. The highest BCUT2D eigenvalue weighted by Gasteiger charge is 2.46. The number of benzene rings is 2. The summed E-state index contributed by atoms with van der Waals surface area (Å²) in [4.78, 5) is 32.1. The Labute approximate surface area is 214 Å². The number of fused-ring (bicyclic) bond motifs is 1. The van der Waals surface area contributed by atoms with Gasteiger partial charge in [0.05, 0.1) is 18.8 Å². The number of aliphatic hydroxyl groups excluding tert-OH is 3. The van der Waals surface area contributed by atoms with Crippen molar-refractivity contribution in [2.24, 2.45) is 5.16 Å². The topological polar surface area (TPSA) is 150 Å². The average molecular weight is 514 g/mol. The van der Waals surface area contributed by atoms with E-state index in [0.717, 1.165) is 16.9 Å². The molecule has 11 heteroatoms. The van der Waals surface area contributed by atoms with Crippen LogP contribution < -0.4 is 15.0 Å². The molecule has 1 fully saturated rings. The first-order valence-corrected chi connectivity index (χ1v) is 12.0.